The van der Waals surface area contributed by atoms with E-state index in [9.17, 15) is 5.11 Å². The summed E-state index contributed by atoms with van der Waals surface area (Å²) in [6.45, 7) is 9.78. The first kappa shape index (κ1) is 24.9. The van der Waals surface area contributed by atoms with Crippen molar-refractivity contribution in [1.29, 1.82) is 5.26 Å². The van der Waals surface area contributed by atoms with E-state index in [-0.39, 0.29) is 0 Å². The Morgan fingerprint density at radius 2 is 1.68 bits per heavy atom. The van der Waals surface area contributed by atoms with E-state index in [1.54, 1.807) is 0 Å². The van der Waals surface area contributed by atoms with Gasteiger partial charge in [-0.2, -0.15) is 5.26 Å². The molecule has 186 valence electrons. The maximum atomic E-state index is 10.9. The van der Waals surface area contributed by atoms with Crippen molar-refractivity contribution in [2.45, 2.75) is 107 Å². The van der Waals surface area contributed by atoms with Gasteiger partial charge >= 0.3 is 0 Å². The fraction of sp³-hybridized carbons (Fsp3) is 0.767. The van der Waals surface area contributed by atoms with Crippen LogP contribution < -0.4 is 5.32 Å². The third kappa shape index (κ3) is 3.92. The lowest BCUT2D eigenvalue weighted by Gasteiger charge is -2.68. The Hall–Kier alpha value is -0.800. The predicted molar refractivity (Wildman–Crippen MR) is 148 cm³/mol. The predicted octanol–water partition coefficient (Wildman–Crippen LogP) is 7.72. The summed E-state index contributed by atoms with van der Waals surface area (Å²) in [5, 5.41) is 23.8. The van der Waals surface area contributed by atoms with Gasteiger partial charge in [0, 0.05) is 15.2 Å². The summed E-state index contributed by atoms with van der Waals surface area (Å²) in [4.78, 5) is 0. The lowest BCUT2D eigenvalue weighted by Crippen LogP contribution is -2.63. The molecule has 1 aromatic carbocycles. The van der Waals surface area contributed by atoms with E-state index in [1.807, 2.05) is 12.1 Å². The summed E-state index contributed by atoms with van der Waals surface area (Å²) in [7, 11) is 0. The normalized spacial score (nSPS) is 46.9. The van der Waals surface area contributed by atoms with Gasteiger partial charge in [0.05, 0.1) is 17.2 Å². The first-order valence-corrected chi connectivity index (χ1v) is 14.8. The van der Waals surface area contributed by atoms with Gasteiger partial charge in [-0.1, -0.05) is 42.9 Å². The number of aliphatic hydroxyl groups is 1. The molecule has 0 radical (unpaired) electrons. The van der Waals surface area contributed by atoms with Gasteiger partial charge in [0.1, 0.15) is 0 Å². The van der Waals surface area contributed by atoms with Crippen LogP contribution in [0.25, 0.3) is 0 Å². The number of benzene rings is 1. The second-order valence-electron chi connectivity index (χ2n) is 13.2. The molecule has 2 unspecified atom stereocenters. The van der Waals surface area contributed by atoms with Gasteiger partial charge in [0.2, 0.25) is 0 Å². The van der Waals surface area contributed by atoms with Crippen molar-refractivity contribution in [1.82, 2.24) is 0 Å². The van der Waals surface area contributed by atoms with Gasteiger partial charge in [0.15, 0.2) is 0 Å². The van der Waals surface area contributed by atoms with Crippen molar-refractivity contribution in [3.8, 4) is 6.07 Å². The summed E-state index contributed by atoms with van der Waals surface area (Å²) in [5.74, 6) is 3.11. The van der Waals surface area contributed by atoms with E-state index in [0.29, 0.717) is 26.2 Å². The van der Waals surface area contributed by atoms with Crippen LogP contribution in [0.5, 0.6) is 0 Å². The number of nitriles is 1. The van der Waals surface area contributed by atoms with Crippen LogP contribution in [-0.4, -0.2) is 20.2 Å². The van der Waals surface area contributed by atoms with E-state index in [0.717, 1.165) is 41.8 Å². The van der Waals surface area contributed by atoms with Gasteiger partial charge < -0.3 is 10.4 Å². The van der Waals surface area contributed by atoms with Crippen molar-refractivity contribution >= 4 is 28.3 Å². The van der Waals surface area contributed by atoms with Crippen LogP contribution in [0.15, 0.2) is 24.3 Å². The number of nitrogens with one attached hydrogen (secondary N) is 1. The molecule has 0 amide bonds. The molecule has 0 heterocycles. The smallest absolute Gasteiger partial charge is 0.0991 e. The van der Waals surface area contributed by atoms with Crippen molar-refractivity contribution in [2.24, 2.45) is 34.5 Å². The summed E-state index contributed by atoms with van der Waals surface area (Å²) in [6.07, 6.45) is 12.5. The minimum atomic E-state index is -0.472. The number of nitrogens with zero attached hydrogens (tertiary/aromatic N) is 1. The summed E-state index contributed by atoms with van der Waals surface area (Å²) < 4.78 is 0.295. The zero-order valence-corrected chi connectivity index (χ0v) is 23.7. The molecule has 4 aliphatic rings. The molecule has 4 aliphatic carbocycles. The summed E-state index contributed by atoms with van der Waals surface area (Å²) >= 11 is 2.78. The van der Waals surface area contributed by atoms with Crippen LogP contribution in [0.1, 0.15) is 97.5 Å². The van der Waals surface area contributed by atoms with Gasteiger partial charge in [-0.15, -0.1) is 0 Å². The Morgan fingerprint density at radius 1 is 0.971 bits per heavy atom. The monoisotopic (exact) mass is 574 g/mol. The number of hydrogen-bond donors (Lipinski definition) is 2. The number of anilines is 1. The van der Waals surface area contributed by atoms with Crippen LogP contribution in [0.2, 0.25) is 0 Å². The fourth-order valence-corrected chi connectivity index (χ4v) is 11.5. The molecule has 4 saturated carbocycles. The number of fused-ring (bicyclic) bond motifs is 5. The standard InChI is InChI=1S/C30H43IN2O/c1-20(33-22-9-7-21(18-32)8-10-22)24-6-5-14-28(3)25-13-17-30(31)19-27(2,34)15-12-26(30)23(25)11-16-29(24,28)4/h7-10,20,23-26,33-34H,5-6,11-17,19H2,1-4H3/t20-,23?,24?,25-,26-,27-,28+,29-,30+/m1/s1. The molecular weight excluding hydrogens is 531 g/mol. The Labute approximate surface area is 220 Å². The molecule has 9 atom stereocenters. The Balaban J connectivity index is 1.38. The van der Waals surface area contributed by atoms with Gasteiger partial charge in [-0.3, -0.25) is 0 Å². The molecule has 0 saturated heterocycles. The number of hydrogen-bond acceptors (Lipinski definition) is 3. The highest BCUT2D eigenvalue weighted by Crippen LogP contribution is 2.71. The van der Waals surface area contributed by atoms with Crippen LogP contribution in [0.3, 0.4) is 0 Å². The number of halogens is 1. The first-order valence-electron chi connectivity index (χ1n) is 13.7. The average Bonchev–Trinajstić information content (AvgIpc) is 2.78. The van der Waals surface area contributed by atoms with Crippen molar-refractivity contribution in [3.63, 3.8) is 0 Å². The molecular formula is C30H43IN2O. The highest BCUT2D eigenvalue weighted by Gasteiger charge is 2.64. The van der Waals surface area contributed by atoms with E-state index >= 15 is 0 Å². The molecule has 0 aromatic heterocycles. The van der Waals surface area contributed by atoms with E-state index in [1.165, 1.54) is 51.4 Å². The van der Waals surface area contributed by atoms with Gasteiger partial charge in [-0.05, 0) is 130 Å². The molecule has 5 rings (SSSR count). The Bertz CT molecular complexity index is 954. The second-order valence-corrected chi connectivity index (χ2v) is 15.3. The molecule has 4 fully saturated rings. The summed E-state index contributed by atoms with van der Waals surface area (Å²) in [5.41, 5.74) is 2.15. The van der Waals surface area contributed by atoms with E-state index in [4.69, 9.17) is 5.26 Å². The van der Waals surface area contributed by atoms with Gasteiger partial charge in [0.25, 0.3) is 0 Å². The minimum Gasteiger partial charge on any atom is -0.390 e. The second kappa shape index (κ2) is 8.65. The Kier molecular flexibility index (Phi) is 6.33. The Morgan fingerprint density at radius 3 is 2.38 bits per heavy atom. The van der Waals surface area contributed by atoms with Crippen LogP contribution in [0, 0.1) is 45.8 Å². The van der Waals surface area contributed by atoms with Crippen molar-refractivity contribution in [2.75, 3.05) is 5.32 Å². The van der Waals surface area contributed by atoms with E-state index in [2.05, 4.69) is 73.8 Å². The fourth-order valence-electron chi connectivity index (χ4n) is 9.60. The molecule has 3 nitrogen and oxygen atoms in total. The maximum absolute atomic E-state index is 10.9. The largest absolute Gasteiger partial charge is 0.390 e. The summed E-state index contributed by atoms with van der Waals surface area (Å²) in [6, 6.07) is 10.6. The molecule has 0 spiro atoms. The maximum Gasteiger partial charge on any atom is 0.0991 e. The van der Waals surface area contributed by atoms with Crippen molar-refractivity contribution < 1.29 is 5.11 Å². The molecule has 34 heavy (non-hydrogen) atoms. The lowest BCUT2D eigenvalue weighted by molar-refractivity contribution is -0.172. The number of alkyl halides is 1. The molecule has 2 N–H and O–H groups in total. The van der Waals surface area contributed by atoms with Gasteiger partial charge in [-0.25, -0.2) is 0 Å². The van der Waals surface area contributed by atoms with Crippen LogP contribution in [0.4, 0.5) is 5.69 Å². The third-order valence-corrected chi connectivity index (χ3v) is 13.1. The van der Waals surface area contributed by atoms with E-state index < -0.39 is 5.60 Å². The molecule has 4 heteroatoms. The third-order valence-electron chi connectivity index (χ3n) is 11.4. The number of rotatable bonds is 3. The first-order chi connectivity index (χ1) is 16.0. The van der Waals surface area contributed by atoms with Crippen LogP contribution in [-0.2, 0) is 0 Å². The zero-order chi connectivity index (χ0) is 24.4. The molecule has 0 bridgehead atoms. The topological polar surface area (TPSA) is 56.0 Å². The zero-order valence-electron chi connectivity index (χ0n) is 21.5. The average molecular weight is 575 g/mol. The van der Waals surface area contributed by atoms with Crippen molar-refractivity contribution in [3.05, 3.63) is 29.8 Å². The van der Waals surface area contributed by atoms with Crippen LogP contribution >= 0.6 is 22.6 Å². The lowest BCUT2D eigenvalue weighted by atomic mass is 9.38. The minimum absolute atomic E-state index is 0.295. The molecule has 0 aliphatic heterocycles. The molecule has 1 aromatic rings. The SMILES string of the molecule is C[C@@H](Nc1ccc(C#N)cc1)C1CCC[C@@]2(C)[C@@H]3CC[C@]4(I)C[C@](C)(O)CC[C@@H]4C3CC[C@]12C. The quantitative estimate of drug-likeness (QED) is 0.287. The highest BCUT2D eigenvalue weighted by molar-refractivity contribution is 14.1. The highest BCUT2D eigenvalue weighted by atomic mass is 127.